The maximum atomic E-state index is 5.75. The zero-order valence-electron chi connectivity index (χ0n) is 12.1. The molecule has 0 amide bonds. The number of benzene rings is 1. The Labute approximate surface area is 127 Å². The van der Waals surface area contributed by atoms with Gasteiger partial charge in [-0.2, -0.15) is 5.10 Å². The molecule has 0 spiro atoms. The van der Waals surface area contributed by atoms with Crippen molar-refractivity contribution in [3.05, 3.63) is 40.5 Å². The summed E-state index contributed by atoms with van der Waals surface area (Å²) in [6.45, 7) is 2.07. The SMILES string of the molecule is CCc1nnsc1C(Cc1nn(C)c2ccccc12)NN. The van der Waals surface area contributed by atoms with E-state index in [-0.39, 0.29) is 6.04 Å². The van der Waals surface area contributed by atoms with Crippen LogP contribution < -0.4 is 11.3 Å². The Bertz CT molecular complexity index is 747. The molecule has 6 nitrogen and oxygen atoms in total. The summed E-state index contributed by atoms with van der Waals surface area (Å²) in [7, 11) is 1.96. The lowest BCUT2D eigenvalue weighted by Crippen LogP contribution is -2.29. The summed E-state index contributed by atoms with van der Waals surface area (Å²) in [5, 5.41) is 9.95. The third-order valence-electron chi connectivity index (χ3n) is 3.67. The number of hydrogen-bond acceptors (Lipinski definition) is 6. The summed E-state index contributed by atoms with van der Waals surface area (Å²) < 4.78 is 5.95. The molecule has 2 heterocycles. The second-order valence-corrected chi connectivity index (χ2v) is 5.73. The smallest absolute Gasteiger partial charge is 0.0801 e. The lowest BCUT2D eigenvalue weighted by molar-refractivity contribution is 0.546. The molecular formula is C14H18N6S. The van der Waals surface area contributed by atoms with Crippen LogP contribution in [-0.2, 0) is 19.9 Å². The molecule has 0 aliphatic rings. The maximum absolute atomic E-state index is 5.75. The number of aryl methyl sites for hydroxylation is 2. The van der Waals surface area contributed by atoms with E-state index in [9.17, 15) is 0 Å². The number of fused-ring (bicyclic) bond motifs is 1. The monoisotopic (exact) mass is 302 g/mol. The summed E-state index contributed by atoms with van der Waals surface area (Å²) in [5.41, 5.74) is 6.05. The highest BCUT2D eigenvalue weighted by Crippen LogP contribution is 2.26. The predicted molar refractivity (Wildman–Crippen MR) is 83.8 cm³/mol. The van der Waals surface area contributed by atoms with Crippen LogP contribution in [0.25, 0.3) is 10.9 Å². The molecule has 0 aliphatic carbocycles. The first-order valence-corrected chi connectivity index (χ1v) is 7.69. The third kappa shape index (κ3) is 2.55. The van der Waals surface area contributed by atoms with Gasteiger partial charge in [-0.1, -0.05) is 29.6 Å². The van der Waals surface area contributed by atoms with Crippen LogP contribution in [0.4, 0.5) is 0 Å². The van der Waals surface area contributed by atoms with Crippen molar-refractivity contribution in [2.24, 2.45) is 12.9 Å². The normalized spacial score (nSPS) is 12.9. The summed E-state index contributed by atoms with van der Waals surface area (Å²) in [6.07, 6.45) is 1.57. The van der Waals surface area contributed by atoms with Gasteiger partial charge in [0.25, 0.3) is 0 Å². The zero-order valence-corrected chi connectivity index (χ0v) is 12.9. The average Bonchev–Trinajstić information content (AvgIpc) is 3.10. The van der Waals surface area contributed by atoms with Crippen LogP contribution in [0.2, 0.25) is 0 Å². The predicted octanol–water partition coefficient (Wildman–Crippen LogP) is 1.73. The van der Waals surface area contributed by atoms with Crippen LogP contribution in [0.1, 0.15) is 29.2 Å². The van der Waals surface area contributed by atoms with Gasteiger partial charge in [-0.3, -0.25) is 16.0 Å². The van der Waals surface area contributed by atoms with Crippen LogP contribution in [0, 0.1) is 0 Å². The van der Waals surface area contributed by atoms with Crippen molar-refractivity contribution < 1.29 is 0 Å². The number of nitrogens with two attached hydrogens (primary N) is 1. The Morgan fingerprint density at radius 3 is 2.90 bits per heavy atom. The number of rotatable bonds is 5. The van der Waals surface area contributed by atoms with E-state index in [1.165, 1.54) is 11.5 Å². The molecule has 21 heavy (non-hydrogen) atoms. The topological polar surface area (TPSA) is 81.7 Å². The van der Waals surface area contributed by atoms with Gasteiger partial charge >= 0.3 is 0 Å². The van der Waals surface area contributed by atoms with Crippen LogP contribution in [0.5, 0.6) is 0 Å². The fourth-order valence-electron chi connectivity index (χ4n) is 2.59. The van der Waals surface area contributed by atoms with Gasteiger partial charge in [0.1, 0.15) is 0 Å². The van der Waals surface area contributed by atoms with Crippen LogP contribution >= 0.6 is 11.5 Å². The molecule has 0 saturated heterocycles. The Balaban J connectivity index is 1.96. The quantitative estimate of drug-likeness (QED) is 0.554. The van der Waals surface area contributed by atoms with E-state index in [2.05, 4.69) is 39.2 Å². The first-order valence-electron chi connectivity index (χ1n) is 6.92. The Morgan fingerprint density at radius 2 is 2.14 bits per heavy atom. The van der Waals surface area contributed by atoms with E-state index in [4.69, 9.17) is 5.84 Å². The highest BCUT2D eigenvalue weighted by molar-refractivity contribution is 7.05. The fourth-order valence-corrected chi connectivity index (χ4v) is 3.38. The summed E-state index contributed by atoms with van der Waals surface area (Å²) in [5.74, 6) is 5.75. The van der Waals surface area contributed by atoms with Crippen LogP contribution in [-0.4, -0.2) is 19.4 Å². The number of para-hydroxylation sites is 1. The third-order valence-corrected chi connectivity index (χ3v) is 4.55. The number of nitrogens with zero attached hydrogens (tertiary/aromatic N) is 4. The molecule has 3 aromatic rings. The van der Waals surface area contributed by atoms with Crippen LogP contribution in [0.15, 0.2) is 24.3 Å². The molecular weight excluding hydrogens is 284 g/mol. The summed E-state index contributed by atoms with van der Waals surface area (Å²) >= 11 is 1.40. The molecule has 0 aliphatic heterocycles. The second-order valence-electron chi connectivity index (χ2n) is 4.95. The van der Waals surface area contributed by atoms with Crippen molar-refractivity contribution >= 4 is 22.4 Å². The van der Waals surface area contributed by atoms with E-state index in [0.29, 0.717) is 6.42 Å². The molecule has 110 valence electrons. The lowest BCUT2D eigenvalue weighted by atomic mass is 10.1. The van der Waals surface area contributed by atoms with Gasteiger partial charge in [0, 0.05) is 18.9 Å². The van der Waals surface area contributed by atoms with Crippen molar-refractivity contribution in [2.45, 2.75) is 25.8 Å². The largest absolute Gasteiger partial charge is 0.271 e. The van der Waals surface area contributed by atoms with Gasteiger partial charge in [-0.25, -0.2) is 0 Å². The minimum atomic E-state index is -0.0155. The minimum absolute atomic E-state index is 0.0155. The molecule has 7 heteroatoms. The first-order chi connectivity index (χ1) is 10.2. The number of hydrogen-bond donors (Lipinski definition) is 2. The molecule has 1 atom stereocenters. The van der Waals surface area contributed by atoms with Gasteiger partial charge in [-0.05, 0) is 24.0 Å². The van der Waals surface area contributed by atoms with Crippen molar-refractivity contribution in [2.75, 3.05) is 0 Å². The van der Waals surface area contributed by atoms with E-state index in [1.807, 2.05) is 23.9 Å². The number of nitrogens with one attached hydrogen (secondary N) is 1. The fraction of sp³-hybridized carbons (Fsp3) is 0.357. The molecule has 0 radical (unpaired) electrons. The van der Waals surface area contributed by atoms with Crippen LogP contribution in [0.3, 0.4) is 0 Å². The van der Waals surface area contributed by atoms with E-state index in [0.717, 1.165) is 33.6 Å². The van der Waals surface area contributed by atoms with Crippen molar-refractivity contribution in [1.29, 1.82) is 0 Å². The molecule has 0 fully saturated rings. The standard InChI is InChI=1S/C14H18N6S/c1-3-10-14(21-19-17-10)12(16-15)8-11-9-6-4-5-7-13(9)20(2)18-11/h4-7,12,16H,3,8,15H2,1-2H3. The van der Waals surface area contributed by atoms with Gasteiger partial charge in [0.2, 0.25) is 0 Å². The van der Waals surface area contributed by atoms with Crippen molar-refractivity contribution in [3.8, 4) is 0 Å². The minimum Gasteiger partial charge on any atom is -0.271 e. The van der Waals surface area contributed by atoms with E-state index in [1.54, 1.807) is 0 Å². The second kappa shape index (κ2) is 5.88. The number of hydrazine groups is 1. The van der Waals surface area contributed by atoms with Gasteiger partial charge in [0.15, 0.2) is 0 Å². The van der Waals surface area contributed by atoms with Gasteiger partial charge < -0.3 is 0 Å². The van der Waals surface area contributed by atoms with E-state index < -0.39 is 0 Å². The Morgan fingerprint density at radius 1 is 1.33 bits per heavy atom. The highest BCUT2D eigenvalue weighted by Gasteiger charge is 2.20. The molecule has 1 unspecified atom stereocenters. The Hall–Kier alpha value is -1.83. The van der Waals surface area contributed by atoms with Crippen molar-refractivity contribution in [1.82, 2.24) is 24.8 Å². The van der Waals surface area contributed by atoms with Gasteiger partial charge in [0.05, 0.1) is 27.8 Å². The maximum Gasteiger partial charge on any atom is 0.0801 e. The molecule has 2 aromatic heterocycles. The highest BCUT2D eigenvalue weighted by atomic mass is 32.1. The van der Waals surface area contributed by atoms with E-state index >= 15 is 0 Å². The Kier molecular flexibility index (Phi) is 3.96. The summed E-state index contributed by atoms with van der Waals surface area (Å²) in [6, 6.07) is 8.20. The first kappa shape index (κ1) is 14.1. The molecule has 0 saturated carbocycles. The lowest BCUT2D eigenvalue weighted by Gasteiger charge is -2.13. The molecule has 3 N–H and O–H groups in total. The zero-order chi connectivity index (χ0) is 14.8. The summed E-state index contributed by atoms with van der Waals surface area (Å²) in [4.78, 5) is 1.09. The molecule has 3 rings (SSSR count). The van der Waals surface area contributed by atoms with Gasteiger partial charge in [-0.15, -0.1) is 5.10 Å². The average molecular weight is 302 g/mol. The number of aromatic nitrogens is 4. The molecule has 0 bridgehead atoms. The molecule has 1 aromatic carbocycles. The van der Waals surface area contributed by atoms with Crippen molar-refractivity contribution in [3.63, 3.8) is 0 Å².